The lowest BCUT2D eigenvalue weighted by molar-refractivity contribution is 0.213. The third-order valence-corrected chi connectivity index (χ3v) is 3.25. The van der Waals surface area contributed by atoms with E-state index in [1.54, 1.807) is 18.2 Å². The zero-order valence-corrected chi connectivity index (χ0v) is 13.1. The monoisotopic (exact) mass is 340 g/mol. The molecule has 0 spiro atoms. The zero-order chi connectivity index (χ0) is 15.1. The van der Waals surface area contributed by atoms with Crippen molar-refractivity contribution in [3.05, 3.63) is 69.4 Å². The fourth-order valence-electron chi connectivity index (χ4n) is 1.80. The maximum Gasteiger partial charge on any atom is 0.123 e. The fourth-order valence-corrected chi connectivity index (χ4v) is 2.21. The fraction of sp³-hybridized carbons (Fsp3) is 0.250. The highest BCUT2D eigenvalue weighted by Gasteiger charge is 2.14. The lowest BCUT2D eigenvalue weighted by Crippen LogP contribution is -2.04. The molecule has 1 unspecified atom stereocenters. The maximum absolute atomic E-state index is 12.8. The van der Waals surface area contributed by atoms with Crippen LogP contribution < -0.4 is 0 Å². The number of halogens is 2. The van der Waals surface area contributed by atoms with E-state index in [0.29, 0.717) is 16.7 Å². The molecule has 0 heterocycles. The van der Waals surface area contributed by atoms with Gasteiger partial charge in [0.1, 0.15) is 11.9 Å². The summed E-state index contributed by atoms with van der Waals surface area (Å²) in [5.41, 5.74) is 1.85. The molecule has 0 aliphatic rings. The van der Waals surface area contributed by atoms with Gasteiger partial charge in [0, 0.05) is 4.47 Å². The van der Waals surface area contributed by atoms with Crippen LogP contribution in [0.1, 0.15) is 36.6 Å². The van der Waals surface area contributed by atoms with Crippen molar-refractivity contribution >= 4 is 15.9 Å². The van der Waals surface area contributed by atoms with Gasteiger partial charge >= 0.3 is 0 Å². The van der Waals surface area contributed by atoms with Crippen LogP contribution in [0.2, 0.25) is 0 Å². The molecule has 0 bridgehead atoms. The summed E-state index contributed by atoms with van der Waals surface area (Å²) in [5.74, 6) is -0.343. The summed E-state index contributed by atoms with van der Waals surface area (Å²) in [5, 5.41) is 19.5. The maximum atomic E-state index is 12.8. The quantitative estimate of drug-likeness (QED) is 0.879. The Bertz CT molecular complexity index is 541. The highest BCUT2D eigenvalue weighted by atomic mass is 79.9. The van der Waals surface area contributed by atoms with E-state index in [2.05, 4.69) is 15.9 Å². The van der Waals surface area contributed by atoms with E-state index in [1.807, 2.05) is 13.8 Å². The van der Waals surface area contributed by atoms with Gasteiger partial charge < -0.3 is 10.2 Å². The van der Waals surface area contributed by atoms with Crippen molar-refractivity contribution in [1.82, 2.24) is 0 Å². The molecular formula is C16H18BrFO2. The summed E-state index contributed by atoms with van der Waals surface area (Å²) in [7, 11) is 0. The molecule has 0 aliphatic heterocycles. The van der Waals surface area contributed by atoms with E-state index >= 15 is 0 Å². The molecule has 2 aromatic rings. The molecule has 0 fully saturated rings. The number of aliphatic hydroxyl groups is 2. The normalized spacial score (nSPS) is 11.5. The summed E-state index contributed by atoms with van der Waals surface area (Å²) >= 11 is 3.31. The Labute approximate surface area is 127 Å². The Morgan fingerprint density at radius 2 is 1.70 bits per heavy atom. The minimum atomic E-state index is -0.874. The molecule has 0 amide bonds. The van der Waals surface area contributed by atoms with Crippen molar-refractivity contribution in [2.24, 2.45) is 0 Å². The van der Waals surface area contributed by atoms with E-state index in [-0.39, 0.29) is 12.4 Å². The van der Waals surface area contributed by atoms with E-state index in [4.69, 9.17) is 0 Å². The summed E-state index contributed by atoms with van der Waals surface area (Å²) in [6.45, 7) is 3.84. The predicted molar refractivity (Wildman–Crippen MR) is 81.9 cm³/mol. The van der Waals surface area contributed by atoms with E-state index in [1.165, 1.54) is 24.3 Å². The average Bonchev–Trinajstić information content (AvgIpc) is 2.49. The first-order chi connectivity index (χ1) is 9.61. The van der Waals surface area contributed by atoms with Gasteiger partial charge in [-0.1, -0.05) is 48.0 Å². The van der Waals surface area contributed by atoms with Crippen molar-refractivity contribution in [2.45, 2.75) is 26.6 Å². The number of hydrogen-bond acceptors (Lipinski definition) is 2. The molecule has 2 N–H and O–H groups in total. The molecule has 2 rings (SSSR count). The van der Waals surface area contributed by atoms with Crippen LogP contribution in [-0.2, 0) is 6.61 Å². The van der Waals surface area contributed by atoms with Crippen molar-refractivity contribution in [3.8, 4) is 0 Å². The van der Waals surface area contributed by atoms with Crippen LogP contribution >= 0.6 is 15.9 Å². The molecular weight excluding hydrogens is 323 g/mol. The van der Waals surface area contributed by atoms with Gasteiger partial charge in [0.15, 0.2) is 0 Å². The topological polar surface area (TPSA) is 40.5 Å². The van der Waals surface area contributed by atoms with Crippen LogP contribution in [0.4, 0.5) is 4.39 Å². The zero-order valence-electron chi connectivity index (χ0n) is 11.5. The summed E-state index contributed by atoms with van der Waals surface area (Å²) in [6.07, 6.45) is -0.874. The van der Waals surface area contributed by atoms with Crippen LogP contribution in [0.5, 0.6) is 0 Å². The molecule has 0 radical (unpaired) electrons. The largest absolute Gasteiger partial charge is 0.392 e. The number of aliphatic hydroxyl groups excluding tert-OH is 2. The van der Waals surface area contributed by atoms with Crippen molar-refractivity contribution in [2.75, 3.05) is 0 Å². The van der Waals surface area contributed by atoms with Crippen LogP contribution in [0.25, 0.3) is 0 Å². The second-order valence-electron chi connectivity index (χ2n) is 3.96. The van der Waals surface area contributed by atoms with Gasteiger partial charge in [0.25, 0.3) is 0 Å². The van der Waals surface area contributed by atoms with Crippen LogP contribution in [0, 0.1) is 5.82 Å². The van der Waals surface area contributed by atoms with E-state index in [0.717, 1.165) is 4.47 Å². The summed E-state index contributed by atoms with van der Waals surface area (Å²) in [4.78, 5) is 0. The van der Waals surface area contributed by atoms with Crippen LogP contribution in [0.15, 0.2) is 46.9 Å². The molecule has 108 valence electrons. The second kappa shape index (κ2) is 8.15. The average molecular weight is 341 g/mol. The van der Waals surface area contributed by atoms with Gasteiger partial charge in [0.2, 0.25) is 0 Å². The van der Waals surface area contributed by atoms with Gasteiger partial charge in [-0.2, -0.15) is 0 Å². The first kappa shape index (κ1) is 16.8. The Kier molecular flexibility index (Phi) is 6.85. The molecule has 4 heteroatoms. The first-order valence-electron chi connectivity index (χ1n) is 6.44. The van der Waals surface area contributed by atoms with E-state index in [9.17, 15) is 14.6 Å². The number of rotatable bonds is 3. The molecule has 0 saturated carbocycles. The van der Waals surface area contributed by atoms with Crippen LogP contribution in [-0.4, -0.2) is 10.2 Å². The number of benzene rings is 2. The highest BCUT2D eigenvalue weighted by molar-refractivity contribution is 9.10. The van der Waals surface area contributed by atoms with Crippen molar-refractivity contribution in [1.29, 1.82) is 0 Å². The second-order valence-corrected chi connectivity index (χ2v) is 4.87. The smallest absolute Gasteiger partial charge is 0.123 e. The Morgan fingerprint density at radius 1 is 1.10 bits per heavy atom. The molecule has 2 aromatic carbocycles. The molecule has 1 atom stereocenters. The molecule has 0 aliphatic carbocycles. The molecule has 20 heavy (non-hydrogen) atoms. The van der Waals surface area contributed by atoms with Gasteiger partial charge in [-0.15, -0.1) is 0 Å². The Hall–Kier alpha value is -1.23. The lowest BCUT2D eigenvalue weighted by Gasteiger charge is -2.15. The highest BCUT2D eigenvalue weighted by Crippen LogP contribution is 2.27. The lowest BCUT2D eigenvalue weighted by atomic mass is 9.97. The third kappa shape index (κ3) is 4.13. The minimum Gasteiger partial charge on any atom is -0.392 e. The molecule has 0 aromatic heterocycles. The van der Waals surface area contributed by atoms with Crippen molar-refractivity contribution in [3.63, 3.8) is 0 Å². The minimum absolute atomic E-state index is 0.160. The Balaban J connectivity index is 0.000000956. The van der Waals surface area contributed by atoms with Gasteiger partial charge in [-0.3, -0.25) is 0 Å². The predicted octanol–water partition coefficient (Wildman–Crippen LogP) is 4.19. The summed E-state index contributed by atoms with van der Waals surface area (Å²) < 4.78 is 13.7. The van der Waals surface area contributed by atoms with Crippen molar-refractivity contribution < 1.29 is 14.6 Å². The summed E-state index contributed by atoms with van der Waals surface area (Å²) in [6, 6.07) is 10.9. The van der Waals surface area contributed by atoms with Crippen LogP contribution in [0.3, 0.4) is 0 Å². The first-order valence-corrected chi connectivity index (χ1v) is 7.24. The molecule has 0 saturated heterocycles. The molecule has 2 nitrogen and oxygen atoms in total. The van der Waals surface area contributed by atoms with E-state index < -0.39 is 6.10 Å². The van der Waals surface area contributed by atoms with Gasteiger partial charge in [-0.05, 0) is 41.0 Å². The number of hydrogen-bond donors (Lipinski definition) is 2. The Morgan fingerprint density at radius 3 is 2.25 bits per heavy atom. The standard InChI is InChI=1S/C14H12BrFO2.C2H6/c15-11-3-6-13(10(7-11)8-17)14(18)9-1-4-12(16)5-2-9;1-2/h1-7,14,17-18H,8H2;1-2H3. The third-order valence-electron chi connectivity index (χ3n) is 2.76. The SMILES string of the molecule is CC.OCc1cc(Br)ccc1C(O)c1ccc(F)cc1. The van der Waals surface area contributed by atoms with Gasteiger partial charge in [-0.25, -0.2) is 4.39 Å². The van der Waals surface area contributed by atoms with Gasteiger partial charge in [0.05, 0.1) is 6.61 Å².